The van der Waals surface area contributed by atoms with Gasteiger partial charge < -0.3 is 0 Å². The summed E-state index contributed by atoms with van der Waals surface area (Å²) in [6, 6.07) is 8.59. The zero-order valence-corrected chi connectivity index (χ0v) is 8.91. The van der Waals surface area contributed by atoms with Crippen molar-refractivity contribution in [3.8, 4) is 0 Å². The van der Waals surface area contributed by atoms with Crippen LogP contribution in [0.1, 0.15) is 18.4 Å². The Bertz CT molecular complexity index is 300. The minimum Gasteiger partial charge on any atom is -0.289 e. The van der Waals surface area contributed by atoms with Crippen LogP contribution in [0.3, 0.4) is 0 Å². The Morgan fingerprint density at radius 2 is 1.92 bits per heavy atom. The molecule has 12 heavy (non-hydrogen) atoms. The molecule has 0 saturated heterocycles. The molecule has 2 heteroatoms. The lowest BCUT2D eigenvalue weighted by Crippen LogP contribution is -1.94. The summed E-state index contributed by atoms with van der Waals surface area (Å²) in [6.45, 7) is 1.02. The summed E-state index contributed by atoms with van der Waals surface area (Å²) in [4.78, 5) is 4.45. The molecule has 2 rings (SSSR count). The molecule has 0 fully saturated rings. The number of benzene rings is 1. The summed E-state index contributed by atoms with van der Waals surface area (Å²) in [5.74, 6) is 0. The summed E-state index contributed by atoms with van der Waals surface area (Å²) >= 11 is 2.32. The van der Waals surface area contributed by atoms with Crippen LogP contribution in [0.5, 0.6) is 0 Å². The first-order chi connectivity index (χ1) is 5.86. The van der Waals surface area contributed by atoms with Gasteiger partial charge in [-0.15, -0.1) is 0 Å². The molecule has 0 atom stereocenters. The standard InChI is InChI=1S/C10H10IN/c11-9-5-3-8(4-6-9)10-2-1-7-12-10/h3-6H,1-2,7H2. The number of hydrogen-bond acceptors (Lipinski definition) is 1. The first-order valence-corrected chi connectivity index (χ1v) is 5.23. The van der Waals surface area contributed by atoms with Gasteiger partial charge in [0.05, 0.1) is 0 Å². The Labute approximate surface area is 86.0 Å². The van der Waals surface area contributed by atoms with Crippen molar-refractivity contribution in [1.29, 1.82) is 0 Å². The number of halogens is 1. The molecule has 1 aliphatic rings. The van der Waals surface area contributed by atoms with Gasteiger partial charge in [0, 0.05) is 15.8 Å². The Hall–Kier alpha value is -0.380. The molecule has 0 aromatic heterocycles. The van der Waals surface area contributed by atoms with Crippen LogP contribution in [-0.4, -0.2) is 12.3 Å². The van der Waals surface area contributed by atoms with Gasteiger partial charge in [-0.3, -0.25) is 4.99 Å². The van der Waals surface area contributed by atoms with E-state index >= 15 is 0 Å². The molecule has 1 aromatic carbocycles. The highest BCUT2D eigenvalue weighted by molar-refractivity contribution is 14.1. The lowest BCUT2D eigenvalue weighted by molar-refractivity contribution is 0.951. The van der Waals surface area contributed by atoms with Crippen LogP contribution in [-0.2, 0) is 0 Å². The maximum atomic E-state index is 4.45. The van der Waals surface area contributed by atoms with Gasteiger partial charge in [0.2, 0.25) is 0 Å². The third-order valence-corrected chi connectivity index (χ3v) is 2.77. The highest BCUT2D eigenvalue weighted by Gasteiger charge is 2.07. The van der Waals surface area contributed by atoms with Crippen molar-refractivity contribution in [3.05, 3.63) is 33.4 Å². The van der Waals surface area contributed by atoms with Gasteiger partial charge in [0.15, 0.2) is 0 Å². The molecular weight excluding hydrogens is 261 g/mol. The second-order valence-corrected chi connectivity index (χ2v) is 4.18. The Morgan fingerprint density at radius 3 is 2.50 bits per heavy atom. The van der Waals surface area contributed by atoms with Crippen molar-refractivity contribution < 1.29 is 0 Å². The molecule has 1 nitrogen and oxygen atoms in total. The van der Waals surface area contributed by atoms with Crippen LogP contribution in [0.15, 0.2) is 29.3 Å². The summed E-state index contributed by atoms with van der Waals surface area (Å²) in [5.41, 5.74) is 2.58. The number of aliphatic imine (C=N–C) groups is 1. The molecular formula is C10H10IN. The lowest BCUT2D eigenvalue weighted by Gasteiger charge is -1.99. The Morgan fingerprint density at radius 1 is 1.17 bits per heavy atom. The maximum Gasteiger partial charge on any atom is 0.0421 e. The number of nitrogens with zero attached hydrogens (tertiary/aromatic N) is 1. The van der Waals surface area contributed by atoms with Gasteiger partial charge in [0.1, 0.15) is 0 Å². The second kappa shape index (κ2) is 3.56. The Balaban J connectivity index is 2.28. The first-order valence-electron chi connectivity index (χ1n) is 4.15. The zero-order chi connectivity index (χ0) is 8.39. The summed E-state index contributed by atoms with van der Waals surface area (Å²) in [6.07, 6.45) is 2.38. The molecule has 1 heterocycles. The maximum absolute atomic E-state index is 4.45. The molecule has 1 aromatic rings. The van der Waals surface area contributed by atoms with Crippen LogP contribution in [0.2, 0.25) is 0 Å². The van der Waals surface area contributed by atoms with Crippen LogP contribution in [0, 0.1) is 3.57 Å². The van der Waals surface area contributed by atoms with Gasteiger partial charge in [-0.25, -0.2) is 0 Å². The van der Waals surface area contributed by atoms with Crippen molar-refractivity contribution in [1.82, 2.24) is 0 Å². The SMILES string of the molecule is Ic1ccc(C2=NCCC2)cc1. The minimum atomic E-state index is 1.02. The molecule has 0 spiro atoms. The van der Waals surface area contributed by atoms with Crippen molar-refractivity contribution in [3.63, 3.8) is 0 Å². The Kier molecular flexibility index (Phi) is 2.44. The van der Waals surface area contributed by atoms with Crippen LogP contribution in [0.4, 0.5) is 0 Å². The van der Waals surface area contributed by atoms with E-state index in [-0.39, 0.29) is 0 Å². The summed E-state index contributed by atoms with van der Waals surface area (Å²) < 4.78 is 1.29. The predicted octanol–water partition coefficient (Wildman–Crippen LogP) is 2.87. The van der Waals surface area contributed by atoms with Crippen molar-refractivity contribution >= 4 is 28.3 Å². The van der Waals surface area contributed by atoms with E-state index in [0.717, 1.165) is 13.0 Å². The highest BCUT2D eigenvalue weighted by Crippen LogP contribution is 2.14. The zero-order valence-electron chi connectivity index (χ0n) is 6.76. The highest BCUT2D eigenvalue weighted by atomic mass is 127. The molecule has 0 N–H and O–H groups in total. The predicted molar refractivity (Wildman–Crippen MR) is 59.8 cm³/mol. The van der Waals surface area contributed by atoms with Gasteiger partial charge in [0.25, 0.3) is 0 Å². The van der Waals surface area contributed by atoms with E-state index in [2.05, 4.69) is 51.8 Å². The molecule has 0 aliphatic carbocycles. The molecule has 1 aliphatic heterocycles. The second-order valence-electron chi connectivity index (χ2n) is 2.94. The van der Waals surface area contributed by atoms with Gasteiger partial charge >= 0.3 is 0 Å². The average molecular weight is 271 g/mol. The fraction of sp³-hybridized carbons (Fsp3) is 0.300. The first kappa shape index (κ1) is 8.23. The fourth-order valence-corrected chi connectivity index (χ4v) is 1.78. The van der Waals surface area contributed by atoms with Crippen LogP contribution in [0.25, 0.3) is 0 Å². The normalized spacial score (nSPS) is 16.2. The van der Waals surface area contributed by atoms with Crippen molar-refractivity contribution in [2.75, 3.05) is 6.54 Å². The van der Waals surface area contributed by atoms with Crippen molar-refractivity contribution in [2.24, 2.45) is 4.99 Å². The van der Waals surface area contributed by atoms with E-state index in [4.69, 9.17) is 0 Å². The molecule has 0 unspecified atom stereocenters. The average Bonchev–Trinajstić information content (AvgIpc) is 2.58. The van der Waals surface area contributed by atoms with Gasteiger partial charge in [-0.05, 0) is 53.1 Å². The molecule has 0 saturated carbocycles. The monoisotopic (exact) mass is 271 g/mol. The summed E-state index contributed by atoms with van der Waals surface area (Å²) in [7, 11) is 0. The van der Waals surface area contributed by atoms with Crippen LogP contribution >= 0.6 is 22.6 Å². The summed E-state index contributed by atoms with van der Waals surface area (Å²) in [5, 5.41) is 0. The lowest BCUT2D eigenvalue weighted by atomic mass is 10.1. The van der Waals surface area contributed by atoms with E-state index in [1.54, 1.807) is 0 Å². The third kappa shape index (κ3) is 1.68. The molecule has 0 bridgehead atoms. The molecule has 0 amide bonds. The van der Waals surface area contributed by atoms with E-state index < -0.39 is 0 Å². The van der Waals surface area contributed by atoms with E-state index in [1.807, 2.05) is 0 Å². The fourth-order valence-electron chi connectivity index (χ4n) is 1.42. The minimum absolute atomic E-state index is 1.02. The smallest absolute Gasteiger partial charge is 0.0421 e. The van der Waals surface area contributed by atoms with E-state index in [0.29, 0.717) is 0 Å². The molecule has 62 valence electrons. The molecule has 0 radical (unpaired) electrons. The van der Waals surface area contributed by atoms with Gasteiger partial charge in [-0.2, -0.15) is 0 Å². The number of rotatable bonds is 1. The quantitative estimate of drug-likeness (QED) is 0.696. The van der Waals surface area contributed by atoms with Crippen LogP contribution < -0.4 is 0 Å². The van der Waals surface area contributed by atoms with E-state index in [1.165, 1.54) is 21.3 Å². The topological polar surface area (TPSA) is 12.4 Å². The van der Waals surface area contributed by atoms with Crippen molar-refractivity contribution in [2.45, 2.75) is 12.8 Å². The largest absolute Gasteiger partial charge is 0.289 e. The van der Waals surface area contributed by atoms with Gasteiger partial charge in [-0.1, -0.05) is 12.1 Å². The number of hydrogen-bond donors (Lipinski definition) is 0. The third-order valence-electron chi connectivity index (χ3n) is 2.05. The van der Waals surface area contributed by atoms with E-state index in [9.17, 15) is 0 Å².